The SMILES string of the molecule is O=C(Cc1ccc(NS(=O)(=O)c2c(Cl)cccc2Cl)cc1)NCc1ccc2c(c1)OCO2. The standard InChI is InChI=1S/C22H18Cl2N2O5S/c23-17-2-1-3-18(24)22(17)32(28,29)26-16-7-4-14(5-8-16)11-21(27)25-12-15-6-9-19-20(10-15)31-13-30-19/h1-10,26H,11-13H2,(H,25,27). The number of halogens is 2. The number of amides is 1. The van der Waals surface area contributed by atoms with Crippen molar-refractivity contribution in [1.29, 1.82) is 0 Å². The first kappa shape index (κ1) is 22.3. The van der Waals surface area contributed by atoms with Gasteiger partial charge in [-0.2, -0.15) is 0 Å². The van der Waals surface area contributed by atoms with E-state index in [1.54, 1.807) is 36.4 Å². The molecule has 1 aliphatic heterocycles. The minimum absolute atomic E-state index is 0.0285. The summed E-state index contributed by atoms with van der Waals surface area (Å²) < 4.78 is 38.3. The predicted octanol–water partition coefficient (Wildman–Crippen LogP) is 4.38. The van der Waals surface area contributed by atoms with Crippen molar-refractivity contribution < 1.29 is 22.7 Å². The van der Waals surface area contributed by atoms with Gasteiger partial charge in [0.2, 0.25) is 12.7 Å². The van der Waals surface area contributed by atoms with Gasteiger partial charge in [0, 0.05) is 12.2 Å². The van der Waals surface area contributed by atoms with Crippen LogP contribution in [0.5, 0.6) is 11.5 Å². The van der Waals surface area contributed by atoms with Gasteiger partial charge in [-0.15, -0.1) is 0 Å². The van der Waals surface area contributed by atoms with E-state index in [0.29, 0.717) is 23.7 Å². The average Bonchev–Trinajstić information content (AvgIpc) is 3.21. The van der Waals surface area contributed by atoms with Gasteiger partial charge in [-0.1, -0.05) is 47.5 Å². The molecule has 0 spiro atoms. The second kappa shape index (κ2) is 9.28. The number of sulfonamides is 1. The van der Waals surface area contributed by atoms with Gasteiger partial charge in [0.05, 0.1) is 16.5 Å². The summed E-state index contributed by atoms with van der Waals surface area (Å²) in [5.41, 5.74) is 1.95. The number of hydrogen-bond acceptors (Lipinski definition) is 5. The van der Waals surface area contributed by atoms with Gasteiger partial charge in [0.25, 0.3) is 10.0 Å². The molecule has 32 heavy (non-hydrogen) atoms. The summed E-state index contributed by atoms with van der Waals surface area (Å²) in [5, 5.41) is 2.91. The first-order valence-electron chi connectivity index (χ1n) is 9.53. The number of rotatable bonds is 7. The molecule has 3 aromatic rings. The van der Waals surface area contributed by atoms with Crippen molar-refractivity contribution in [3.63, 3.8) is 0 Å². The van der Waals surface area contributed by atoms with E-state index in [-0.39, 0.29) is 34.1 Å². The normalized spacial score (nSPS) is 12.4. The summed E-state index contributed by atoms with van der Waals surface area (Å²) in [6.07, 6.45) is 0.147. The monoisotopic (exact) mass is 492 g/mol. The molecule has 166 valence electrons. The van der Waals surface area contributed by atoms with Crippen LogP contribution in [0.25, 0.3) is 0 Å². The predicted molar refractivity (Wildman–Crippen MR) is 122 cm³/mol. The highest BCUT2D eigenvalue weighted by Crippen LogP contribution is 2.32. The third-order valence-electron chi connectivity index (χ3n) is 4.69. The van der Waals surface area contributed by atoms with E-state index in [9.17, 15) is 13.2 Å². The van der Waals surface area contributed by atoms with Crippen molar-refractivity contribution in [2.75, 3.05) is 11.5 Å². The highest BCUT2D eigenvalue weighted by Gasteiger charge is 2.21. The summed E-state index contributed by atoms with van der Waals surface area (Å²) in [5.74, 6) is 1.18. The number of carbonyl (C=O) groups is 1. The van der Waals surface area contributed by atoms with Crippen LogP contribution in [0, 0.1) is 0 Å². The van der Waals surface area contributed by atoms with Gasteiger partial charge < -0.3 is 14.8 Å². The minimum Gasteiger partial charge on any atom is -0.454 e. The van der Waals surface area contributed by atoms with Gasteiger partial charge in [-0.05, 0) is 47.5 Å². The molecule has 0 radical (unpaired) electrons. The van der Waals surface area contributed by atoms with Crippen LogP contribution in [0.4, 0.5) is 5.69 Å². The van der Waals surface area contributed by atoms with Gasteiger partial charge in [0.1, 0.15) is 4.90 Å². The molecule has 0 bridgehead atoms. The van der Waals surface area contributed by atoms with Gasteiger partial charge in [-0.25, -0.2) is 8.42 Å². The minimum atomic E-state index is -3.97. The van der Waals surface area contributed by atoms with Crippen LogP contribution >= 0.6 is 23.2 Å². The third-order valence-corrected chi connectivity index (χ3v) is 7.02. The maximum Gasteiger partial charge on any atom is 0.264 e. The fourth-order valence-electron chi connectivity index (χ4n) is 3.14. The van der Waals surface area contributed by atoms with Crippen LogP contribution in [-0.2, 0) is 27.8 Å². The Morgan fingerprint density at radius 3 is 2.28 bits per heavy atom. The summed E-state index contributed by atoms with van der Waals surface area (Å²) in [7, 11) is -3.97. The largest absolute Gasteiger partial charge is 0.454 e. The van der Waals surface area contributed by atoms with Crippen molar-refractivity contribution >= 4 is 44.8 Å². The average molecular weight is 493 g/mol. The zero-order chi connectivity index (χ0) is 22.7. The number of benzene rings is 3. The Bertz CT molecular complexity index is 1240. The quantitative estimate of drug-likeness (QED) is 0.510. The molecule has 1 amide bonds. The molecule has 2 N–H and O–H groups in total. The fourth-order valence-corrected chi connectivity index (χ4v) is 5.34. The molecule has 0 aliphatic carbocycles. The van der Waals surface area contributed by atoms with Crippen molar-refractivity contribution in [1.82, 2.24) is 5.32 Å². The first-order valence-corrected chi connectivity index (χ1v) is 11.8. The number of fused-ring (bicyclic) bond motifs is 1. The second-order valence-electron chi connectivity index (χ2n) is 6.99. The highest BCUT2D eigenvalue weighted by molar-refractivity contribution is 7.93. The van der Waals surface area contributed by atoms with Gasteiger partial charge >= 0.3 is 0 Å². The van der Waals surface area contributed by atoms with E-state index in [0.717, 1.165) is 11.1 Å². The number of carbonyl (C=O) groups excluding carboxylic acids is 1. The molecule has 0 fully saturated rings. The zero-order valence-corrected chi connectivity index (χ0v) is 18.9. The summed E-state index contributed by atoms with van der Waals surface area (Å²) in [4.78, 5) is 12.1. The Kier molecular flexibility index (Phi) is 6.45. The van der Waals surface area contributed by atoms with Crippen LogP contribution in [0.2, 0.25) is 10.0 Å². The smallest absolute Gasteiger partial charge is 0.264 e. The molecule has 7 nitrogen and oxygen atoms in total. The van der Waals surface area contributed by atoms with Crippen LogP contribution in [0.15, 0.2) is 65.6 Å². The van der Waals surface area contributed by atoms with Crippen molar-refractivity contribution in [3.8, 4) is 11.5 Å². The molecule has 0 unspecified atom stereocenters. The Hall–Kier alpha value is -2.94. The zero-order valence-electron chi connectivity index (χ0n) is 16.6. The van der Waals surface area contributed by atoms with E-state index in [1.807, 2.05) is 12.1 Å². The Labute approximate surface area is 195 Å². The topological polar surface area (TPSA) is 93.7 Å². The summed E-state index contributed by atoms with van der Waals surface area (Å²) >= 11 is 12.0. The van der Waals surface area contributed by atoms with Crippen LogP contribution < -0.4 is 19.5 Å². The van der Waals surface area contributed by atoms with E-state index >= 15 is 0 Å². The molecule has 4 rings (SSSR count). The van der Waals surface area contributed by atoms with Crippen molar-refractivity contribution in [2.24, 2.45) is 0 Å². The Morgan fingerprint density at radius 2 is 1.56 bits per heavy atom. The molecular formula is C22H18Cl2N2O5S. The van der Waals surface area contributed by atoms with E-state index < -0.39 is 10.0 Å². The molecular weight excluding hydrogens is 475 g/mol. The Balaban J connectivity index is 1.35. The van der Waals surface area contributed by atoms with E-state index in [1.165, 1.54) is 12.1 Å². The Morgan fingerprint density at radius 1 is 0.906 bits per heavy atom. The van der Waals surface area contributed by atoms with Crippen molar-refractivity contribution in [3.05, 3.63) is 81.8 Å². The lowest BCUT2D eigenvalue weighted by atomic mass is 10.1. The molecule has 3 aromatic carbocycles. The van der Waals surface area contributed by atoms with Gasteiger partial charge in [-0.3, -0.25) is 9.52 Å². The van der Waals surface area contributed by atoms with Crippen LogP contribution in [-0.4, -0.2) is 21.1 Å². The number of anilines is 1. The molecule has 1 heterocycles. The first-order chi connectivity index (χ1) is 15.3. The lowest BCUT2D eigenvalue weighted by molar-refractivity contribution is -0.120. The number of hydrogen-bond donors (Lipinski definition) is 2. The lowest BCUT2D eigenvalue weighted by Gasteiger charge is -2.11. The van der Waals surface area contributed by atoms with Gasteiger partial charge in [0.15, 0.2) is 11.5 Å². The highest BCUT2D eigenvalue weighted by atomic mass is 35.5. The molecule has 1 aliphatic rings. The second-order valence-corrected chi connectivity index (χ2v) is 9.43. The third kappa shape index (κ3) is 5.09. The van der Waals surface area contributed by atoms with E-state index in [4.69, 9.17) is 32.7 Å². The van der Waals surface area contributed by atoms with Crippen molar-refractivity contribution in [2.45, 2.75) is 17.9 Å². The maximum atomic E-state index is 12.6. The molecule has 0 atom stereocenters. The van der Waals surface area contributed by atoms with Crippen LogP contribution in [0.1, 0.15) is 11.1 Å². The lowest BCUT2D eigenvalue weighted by Crippen LogP contribution is -2.24. The number of nitrogens with one attached hydrogen (secondary N) is 2. The van der Waals surface area contributed by atoms with E-state index in [2.05, 4.69) is 10.0 Å². The number of ether oxygens (including phenoxy) is 2. The molecule has 10 heteroatoms. The summed E-state index contributed by atoms with van der Waals surface area (Å²) in [6.45, 7) is 0.550. The summed E-state index contributed by atoms with van der Waals surface area (Å²) in [6, 6.07) is 16.5. The molecule has 0 saturated carbocycles. The fraction of sp³-hybridized carbons (Fsp3) is 0.136. The molecule has 0 aromatic heterocycles. The maximum absolute atomic E-state index is 12.6. The van der Waals surface area contributed by atoms with Crippen LogP contribution in [0.3, 0.4) is 0 Å². The molecule has 0 saturated heterocycles.